The first-order chi connectivity index (χ1) is 6.15. The van der Waals surface area contributed by atoms with E-state index in [0.29, 0.717) is 6.54 Å². The minimum Gasteiger partial charge on any atom is -0.391 e. The van der Waals surface area contributed by atoms with Crippen LogP contribution in [0.25, 0.3) is 0 Å². The van der Waals surface area contributed by atoms with Crippen molar-refractivity contribution in [2.24, 2.45) is 0 Å². The van der Waals surface area contributed by atoms with E-state index in [1.165, 1.54) is 0 Å². The quantitative estimate of drug-likeness (QED) is 0.760. The maximum Gasteiger partial charge on any atom is 0.236 e. The molecule has 76 valence electrons. The van der Waals surface area contributed by atoms with Gasteiger partial charge in [0, 0.05) is 13.1 Å². The minimum atomic E-state index is -0.355. The molecule has 0 radical (unpaired) electrons. The highest BCUT2D eigenvalue weighted by molar-refractivity contribution is 9.10. The second-order valence-electron chi connectivity index (χ2n) is 3.48. The molecule has 1 fully saturated rings. The molecule has 2 atom stereocenters. The number of hydrogen-bond acceptors (Lipinski definition) is 2. The van der Waals surface area contributed by atoms with E-state index in [1.54, 1.807) is 4.90 Å². The molecule has 1 aliphatic heterocycles. The fourth-order valence-electron chi connectivity index (χ4n) is 1.56. The van der Waals surface area contributed by atoms with Gasteiger partial charge in [0.15, 0.2) is 0 Å². The summed E-state index contributed by atoms with van der Waals surface area (Å²) < 4.78 is 0. The van der Waals surface area contributed by atoms with Gasteiger partial charge in [0.05, 0.1) is 10.9 Å². The lowest BCUT2D eigenvalue weighted by Gasteiger charge is -2.19. The number of aliphatic hydroxyl groups excluding tert-OH is 1. The second kappa shape index (κ2) is 4.96. The number of carbonyl (C=O) groups is 1. The van der Waals surface area contributed by atoms with Crippen molar-refractivity contribution in [2.45, 2.75) is 37.1 Å². The van der Waals surface area contributed by atoms with Crippen LogP contribution in [0.1, 0.15) is 26.2 Å². The van der Waals surface area contributed by atoms with Crippen molar-refractivity contribution in [2.75, 3.05) is 13.1 Å². The molecular weight excluding hydrogens is 234 g/mol. The van der Waals surface area contributed by atoms with Crippen LogP contribution in [0.2, 0.25) is 0 Å². The van der Waals surface area contributed by atoms with Crippen LogP contribution in [0.15, 0.2) is 0 Å². The number of likely N-dealkylation sites (tertiary alicyclic amines) is 1. The smallest absolute Gasteiger partial charge is 0.236 e. The number of aliphatic hydroxyl groups is 1. The predicted molar refractivity (Wildman–Crippen MR) is 54.8 cm³/mol. The van der Waals surface area contributed by atoms with Crippen LogP contribution in [0.4, 0.5) is 0 Å². The van der Waals surface area contributed by atoms with Gasteiger partial charge in [-0.15, -0.1) is 0 Å². The summed E-state index contributed by atoms with van der Waals surface area (Å²) in [5.74, 6) is 0.121. The molecule has 1 aliphatic rings. The minimum absolute atomic E-state index is 0.0265. The summed E-state index contributed by atoms with van der Waals surface area (Å²) in [7, 11) is 0. The van der Waals surface area contributed by atoms with Gasteiger partial charge < -0.3 is 10.0 Å². The molecular formula is C9H16BrNO2. The van der Waals surface area contributed by atoms with Crippen molar-refractivity contribution in [3.63, 3.8) is 0 Å². The number of hydrogen-bond donors (Lipinski definition) is 1. The van der Waals surface area contributed by atoms with Crippen molar-refractivity contribution < 1.29 is 9.90 Å². The molecule has 1 N–H and O–H groups in total. The Morgan fingerprint density at radius 1 is 1.77 bits per heavy atom. The topological polar surface area (TPSA) is 40.5 Å². The average molecular weight is 250 g/mol. The van der Waals surface area contributed by atoms with Crippen LogP contribution < -0.4 is 0 Å². The van der Waals surface area contributed by atoms with E-state index >= 15 is 0 Å². The Hall–Kier alpha value is -0.0900. The number of β-amino-alcohol motifs (C(OH)–C–C–N with tert-alkyl or cyclic N) is 1. The molecule has 2 unspecified atom stereocenters. The van der Waals surface area contributed by atoms with Crippen molar-refractivity contribution >= 4 is 21.8 Å². The normalized spacial score (nSPS) is 25.3. The lowest BCUT2D eigenvalue weighted by molar-refractivity contribution is -0.128. The van der Waals surface area contributed by atoms with E-state index in [9.17, 15) is 9.90 Å². The summed E-state index contributed by atoms with van der Waals surface area (Å²) in [5.41, 5.74) is 0. The van der Waals surface area contributed by atoms with E-state index < -0.39 is 0 Å². The van der Waals surface area contributed by atoms with Gasteiger partial charge in [-0.3, -0.25) is 4.79 Å². The molecule has 13 heavy (non-hydrogen) atoms. The summed E-state index contributed by atoms with van der Waals surface area (Å²) in [6.45, 7) is 3.30. The summed E-state index contributed by atoms with van der Waals surface area (Å²) in [6.07, 6.45) is 2.24. The Labute approximate surface area is 87.2 Å². The Balaban J connectivity index is 2.33. The predicted octanol–water partition coefficient (Wildman–Crippen LogP) is 1.14. The average Bonchev–Trinajstić information content (AvgIpc) is 2.37. The lowest BCUT2D eigenvalue weighted by atomic mass is 10.2. The maximum absolute atomic E-state index is 11.4. The van der Waals surface area contributed by atoms with Crippen LogP contribution in [-0.4, -0.2) is 39.9 Å². The van der Waals surface area contributed by atoms with E-state index in [0.717, 1.165) is 25.8 Å². The van der Waals surface area contributed by atoms with E-state index in [1.807, 2.05) is 6.92 Å². The third-order valence-electron chi connectivity index (χ3n) is 2.29. The molecule has 1 amide bonds. The van der Waals surface area contributed by atoms with Crippen molar-refractivity contribution in [3.05, 3.63) is 0 Å². The highest BCUT2D eigenvalue weighted by Crippen LogP contribution is 2.18. The van der Waals surface area contributed by atoms with Crippen molar-refractivity contribution in [1.29, 1.82) is 0 Å². The first-order valence-corrected chi connectivity index (χ1v) is 5.67. The second-order valence-corrected chi connectivity index (χ2v) is 4.59. The van der Waals surface area contributed by atoms with Crippen LogP contribution >= 0.6 is 15.9 Å². The van der Waals surface area contributed by atoms with Gasteiger partial charge in [0.1, 0.15) is 0 Å². The molecule has 1 saturated heterocycles. The number of halogens is 1. The largest absolute Gasteiger partial charge is 0.391 e. The highest BCUT2D eigenvalue weighted by atomic mass is 79.9. The third kappa shape index (κ3) is 2.95. The van der Waals surface area contributed by atoms with Crippen LogP contribution in [0.3, 0.4) is 0 Å². The van der Waals surface area contributed by atoms with Gasteiger partial charge in [-0.25, -0.2) is 0 Å². The molecule has 0 aromatic carbocycles. The van der Waals surface area contributed by atoms with Crippen LogP contribution in [-0.2, 0) is 4.79 Å². The number of nitrogens with zero attached hydrogens (tertiary/aromatic N) is 1. The number of alkyl halides is 1. The molecule has 3 nitrogen and oxygen atoms in total. The van der Waals surface area contributed by atoms with Crippen molar-refractivity contribution in [3.8, 4) is 0 Å². The fraction of sp³-hybridized carbons (Fsp3) is 0.889. The van der Waals surface area contributed by atoms with Gasteiger partial charge >= 0.3 is 0 Å². The first-order valence-electron chi connectivity index (χ1n) is 4.76. The molecule has 0 aromatic heterocycles. The molecule has 0 spiro atoms. The third-order valence-corrected chi connectivity index (χ3v) is 3.13. The first kappa shape index (κ1) is 11.0. The SMILES string of the molecule is CCCC(O)CN1CCC(Br)C1=O. The fourth-order valence-corrected chi connectivity index (χ4v) is 2.06. The number of amides is 1. The summed E-state index contributed by atoms with van der Waals surface area (Å²) in [5, 5.41) is 9.50. The zero-order valence-corrected chi connectivity index (χ0v) is 9.46. The molecule has 0 saturated carbocycles. The van der Waals surface area contributed by atoms with E-state index in [-0.39, 0.29) is 16.8 Å². The Kier molecular flexibility index (Phi) is 4.19. The number of rotatable bonds is 4. The lowest BCUT2D eigenvalue weighted by Crippen LogP contribution is -2.34. The van der Waals surface area contributed by atoms with Crippen molar-refractivity contribution in [1.82, 2.24) is 4.90 Å². The summed E-state index contributed by atoms with van der Waals surface area (Å²) in [4.78, 5) is 13.1. The molecule has 1 heterocycles. The molecule has 0 aliphatic carbocycles. The van der Waals surface area contributed by atoms with Crippen LogP contribution in [0, 0.1) is 0 Å². The van der Waals surface area contributed by atoms with Gasteiger partial charge in [-0.05, 0) is 12.8 Å². The zero-order chi connectivity index (χ0) is 9.84. The maximum atomic E-state index is 11.4. The Morgan fingerprint density at radius 3 is 2.92 bits per heavy atom. The molecule has 0 aromatic rings. The van der Waals surface area contributed by atoms with Gasteiger partial charge in [-0.1, -0.05) is 29.3 Å². The Morgan fingerprint density at radius 2 is 2.46 bits per heavy atom. The highest BCUT2D eigenvalue weighted by Gasteiger charge is 2.30. The van der Waals surface area contributed by atoms with Gasteiger partial charge in [0.2, 0.25) is 5.91 Å². The van der Waals surface area contributed by atoms with Crippen LogP contribution in [0.5, 0.6) is 0 Å². The summed E-state index contributed by atoms with van der Waals surface area (Å²) >= 11 is 3.30. The summed E-state index contributed by atoms with van der Waals surface area (Å²) in [6, 6.07) is 0. The molecule has 4 heteroatoms. The van der Waals surface area contributed by atoms with E-state index in [2.05, 4.69) is 15.9 Å². The zero-order valence-electron chi connectivity index (χ0n) is 7.87. The Bertz CT molecular complexity index is 186. The van der Waals surface area contributed by atoms with Gasteiger partial charge in [-0.2, -0.15) is 0 Å². The molecule has 1 rings (SSSR count). The van der Waals surface area contributed by atoms with Gasteiger partial charge in [0.25, 0.3) is 0 Å². The standard InChI is InChI=1S/C9H16BrNO2/c1-2-3-7(12)6-11-5-4-8(10)9(11)13/h7-8,12H,2-6H2,1H3. The monoisotopic (exact) mass is 249 g/mol. The number of carbonyl (C=O) groups excluding carboxylic acids is 1. The van der Waals surface area contributed by atoms with E-state index in [4.69, 9.17) is 0 Å². The molecule has 0 bridgehead atoms.